The Morgan fingerprint density at radius 1 is 1.19 bits per heavy atom. The minimum absolute atomic E-state index is 0.0950. The van der Waals surface area contributed by atoms with Gasteiger partial charge in [-0.15, -0.1) is 0 Å². The second kappa shape index (κ2) is 8.88. The summed E-state index contributed by atoms with van der Waals surface area (Å²) in [6.07, 6.45) is -2.60. The predicted octanol–water partition coefficient (Wildman–Crippen LogP) is 4.10. The van der Waals surface area contributed by atoms with Gasteiger partial charge in [0.25, 0.3) is 0 Å². The number of aryl methyl sites for hydroxylation is 1. The third-order valence-corrected chi connectivity index (χ3v) is 5.98. The molecule has 1 amide bonds. The topological polar surface area (TPSA) is 44.8 Å². The SMILES string of the molecule is CN(CC(=O)Nc1cc(C(F)(F)F)ccc1N1CCOCC1)[C@@H]1CCc2ccccc21. The van der Waals surface area contributed by atoms with Gasteiger partial charge in [0.1, 0.15) is 0 Å². The van der Waals surface area contributed by atoms with Crippen molar-refractivity contribution in [2.45, 2.75) is 25.1 Å². The molecule has 1 heterocycles. The van der Waals surface area contributed by atoms with E-state index in [2.05, 4.69) is 17.4 Å². The van der Waals surface area contributed by atoms with Crippen molar-refractivity contribution in [3.63, 3.8) is 0 Å². The molecular weight excluding hydrogens is 407 g/mol. The van der Waals surface area contributed by atoms with Crippen LogP contribution in [0.1, 0.15) is 29.2 Å². The van der Waals surface area contributed by atoms with Crippen LogP contribution in [-0.2, 0) is 22.1 Å². The number of fused-ring (bicyclic) bond motifs is 1. The van der Waals surface area contributed by atoms with Crippen LogP contribution >= 0.6 is 0 Å². The van der Waals surface area contributed by atoms with E-state index in [0.29, 0.717) is 32.0 Å². The summed E-state index contributed by atoms with van der Waals surface area (Å²) in [4.78, 5) is 16.7. The Morgan fingerprint density at radius 3 is 2.68 bits per heavy atom. The summed E-state index contributed by atoms with van der Waals surface area (Å²) in [6.45, 7) is 2.22. The maximum atomic E-state index is 13.3. The minimum atomic E-state index is -4.48. The zero-order chi connectivity index (χ0) is 22.0. The van der Waals surface area contributed by atoms with E-state index in [-0.39, 0.29) is 24.2 Å². The highest BCUT2D eigenvalue weighted by atomic mass is 19.4. The lowest BCUT2D eigenvalue weighted by Gasteiger charge is -2.31. The molecule has 2 aromatic carbocycles. The fraction of sp³-hybridized carbons (Fsp3) is 0.435. The Morgan fingerprint density at radius 2 is 1.94 bits per heavy atom. The molecule has 31 heavy (non-hydrogen) atoms. The van der Waals surface area contributed by atoms with Gasteiger partial charge < -0.3 is 15.0 Å². The van der Waals surface area contributed by atoms with E-state index < -0.39 is 11.7 Å². The van der Waals surface area contributed by atoms with Gasteiger partial charge in [-0.1, -0.05) is 24.3 Å². The molecule has 0 bridgehead atoms. The lowest BCUT2D eigenvalue weighted by molar-refractivity contribution is -0.137. The number of halogens is 3. The third-order valence-electron chi connectivity index (χ3n) is 5.98. The Hall–Kier alpha value is -2.58. The highest BCUT2D eigenvalue weighted by molar-refractivity contribution is 5.96. The fourth-order valence-electron chi connectivity index (χ4n) is 4.41. The largest absolute Gasteiger partial charge is 0.416 e. The molecule has 1 N–H and O–H groups in total. The number of nitrogens with one attached hydrogen (secondary N) is 1. The number of rotatable bonds is 5. The summed E-state index contributed by atoms with van der Waals surface area (Å²) in [5, 5.41) is 2.74. The molecule has 1 fully saturated rings. The monoisotopic (exact) mass is 433 g/mol. The molecule has 2 aliphatic rings. The highest BCUT2D eigenvalue weighted by Gasteiger charge is 2.32. The molecule has 0 unspecified atom stereocenters. The van der Waals surface area contributed by atoms with Gasteiger partial charge in [-0.2, -0.15) is 13.2 Å². The number of carbonyl (C=O) groups excluding carboxylic acids is 1. The molecular formula is C23H26F3N3O2. The number of hydrogen-bond donors (Lipinski definition) is 1. The lowest BCUT2D eigenvalue weighted by Crippen LogP contribution is -2.37. The van der Waals surface area contributed by atoms with Crippen LogP contribution in [0.2, 0.25) is 0 Å². The molecule has 0 saturated carbocycles. The van der Waals surface area contributed by atoms with Crippen LogP contribution in [0.15, 0.2) is 42.5 Å². The molecule has 1 atom stereocenters. The first-order valence-corrected chi connectivity index (χ1v) is 10.4. The molecule has 4 rings (SSSR count). The van der Waals surface area contributed by atoms with Crippen LogP contribution in [0.3, 0.4) is 0 Å². The van der Waals surface area contributed by atoms with Gasteiger partial charge >= 0.3 is 6.18 Å². The number of likely N-dealkylation sites (N-methyl/N-ethyl adjacent to an activating group) is 1. The Kier molecular flexibility index (Phi) is 6.20. The van der Waals surface area contributed by atoms with Crippen molar-refractivity contribution in [2.75, 3.05) is 50.1 Å². The second-order valence-electron chi connectivity index (χ2n) is 8.05. The van der Waals surface area contributed by atoms with Crippen LogP contribution in [-0.4, -0.2) is 50.7 Å². The van der Waals surface area contributed by atoms with Gasteiger partial charge in [0.05, 0.1) is 36.7 Å². The summed E-state index contributed by atoms with van der Waals surface area (Å²) >= 11 is 0. The first kappa shape index (κ1) is 21.6. The number of carbonyl (C=O) groups is 1. The van der Waals surface area contributed by atoms with Crippen LogP contribution < -0.4 is 10.2 Å². The second-order valence-corrected chi connectivity index (χ2v) is 8.05. The van der Waals surface area contributed by atoms with Crippen molar-refractivity contribution in [1.82, 2.24) is 4.90 Å². The normalized spacial score (nSPS) is 18.9. The minimum Gasteiger partial charge on any atom is -0.378 e. The number of hydrogen-bond acceptors (Lipinski definition) is 4. The number of nitrogens with zero attached hydrogens (tertiary/aromatic N) is 2. The molecule has 0 spiro atoms. The van der Waals surface area contributed by atoms with Gasteiger partial charge in [-0.3, -0.25) is 9.69 Å². The number of ether oxygens (including phenoxy) is 1. The summed E-state index contributed by atoms with van der Waals surface area (Å²) in [5.74, 6) is -0.333. The van der Waals surface area contributed by atoms with Crippen LogP contribution in [0.4, 0.5) is 24.5 Å². The van der Waals surface area contributed by atoms with Gasteiger partial charge in [0.15, 0.2) is 0 Å². The average Bonchev–Trinajstić information content (AvgIpc) is 3.18. The van der Waals surface area contributed by atoms with E-state index in [1.54, 1.807) is 0 Å². The van der Waals surface area contributed by atoms with Crippen LogP contribution in [0.25, 0.3) is 0 Å². The van der Waals surface area contributed by atoms with E-state index in [4.69, 9.17) is 4.74 Å². The molecule has 0 aromatic heterocycles. The highest BCUT2D eigenvalue weighted by Crippen LogP contribution is 2.37. The molecule has 1 aliphatic heterocycles. The molecule has 166 valence electrons. The van der Waals surface area contributed by atoms with Crippen molar-refractivity contribution in [1.29, 1.82) is 0 Å². The lowest BCUT2D eigenvalue weighted by atomic mass is 10.1. The number of anilines is 2. The predicted molar refractivity (Wildman–Crippen MR) is 113 cm³/mol. The van der Waals surface area contributed by atoms with Crippen molar-refractivity contribution < 1.29 is 22.7 Å². The first-order valence-electron chi connectivity index (χ1n) is 10.4. The van der Waals surface area contributed by atoms with E-state index in [9.17, 15) is 18.0 Å². The van der Waals surface area contributed by atoms with Crippen molar-refractivity contribution in [3.8, 4) is 0 Å². The summed E-state index contributed by atoms with van der Waals surface area (Å²) < 4.78 is 45.2. The smallest absolute Gasteiger partial charge is 0.378 e. The molecule has 0 radical (unpaired) electrons. The number of amides is 1. The third kappa shape index (κ3) is 4.85. The number of benzene rings is 2. The van der Waals surface area contributed by atoms with E-state index in [0.717, 1.165) is 25.0 Å². The zero-order valence-corrected chi connectivity index (χ0v) is 17.4. The maximum Gasteiger partial charge on any atom is 0.416 e. The summed E-state index contributed by atoms with van der Waals surface area (Å²) in [5.41, 5.74) is 2.48. The first-order chi connectivity index (χ1) is 14.8. The molecule has 2 aromatic rings. The van der Waals surface area contributed by atoms with Gasteiger partial charge in [-0.05, 0) is 49.2 Å². The van der Waals surface area contributed by atoms with E-state index >= 15 is 0 Å². The Balaban J connectivity index is 1.51. The van der Waals surface area contributed by atoms with E-state index in [1.165, 1.54) is 17.2 Å². The zero-order valence-electron chi connectivity index (χ0n) is 17.4. The molecule has 1 saturated heterocycles. The van der Waals surface area contributed by atoms with Crippen LogP contribution in [0, 0.1) is 0 Å². The van der Waals surface area contributed by atoms with E-state index in [1.807, 2.05) is 29.0 Å². The summed E-state index contributed by atoms with van der Waals surface area (Å²) in [7, 11) is 1.88. The fourth-order valence-corrected chi connectivity index (χ4v) is 4.41. The molecule has 5 nitrogen and oxygen atoms in total. The summed E-state index contributed by atoms with van der Waals surface area (Å²) in [6, 6.07) is 11.8. The maximum absolute atomic E-state index is 13.3. The van der Waals surface area contributed by atoms with Crippen molar-refractivity contribution in [3.05, 3.63) is 59.2 Å². The van der Waals surface area contributed by atoms with Crippen LogP contribution in [0.5, 0.6) is 0 Å². The quantitative estimate of drug-likeness (QED) is 0.771. The van der Waals surface area contributed by atoms with Gasteiger partial charge in [-0.25, -0.2) is 0 Å². The Bertz CT molecular complexity index is 942. The van der Waals surface area contributed by atoms with Gasteiger partial charge in [0, 0.05) is 19.1 Å². The van der Waals surface area contributed by atoms with Crippen molar-refractivity contribution in [2.24, 2.45) is 0 Å². The van der Waals surface area contributed by atoms with Gasteiger partial charge in [0.2, 0.25) is 5.91 Å². The average molecular weight is 433 g/mol. The standard InChI is InChI=1S/C23H26F3N3O2/c1-28(20-8-6-16-4-2-3-5-18(16)20)15-22(30)27-19-14-17(23(24,25)26)7-9-21(19)29-10-12-31-13-11-29/h2-5,7,9,14,20H,6,8,10-13,15H2,1H3,(H,27,30)/t20-/m1/s1. The Labute approximate surface area is 179 Å². The molecule has 1 aliphatic carbocycles. The number of alkyl halides is 3. The number of morpholine rings is 1. The van der Waals surface area contributed by atoms with Crippen molar-refractivity contribution >= 4 is 17.3 Å². The molecule has 8 heteroatoms.